The molecule has 6 heteroatoms. The van der Waals surface area contributed by atoms with Crippen LogP contribution in [0.3, 0.4) is 0 Å². The van der Waals surface area contributed by atoms with Gasteiger partial charge in [-0.15, -0.1) is 0 Å². The molecule has 0 aromatic heterocycles. The number of carbonyl (C=O) groups excluding carboxylic acids is 1. The van der Waals surface area contributed by atoms with E-state index in [1.807, 2.05) is 0 Å². The van der Waals surface area contributed by atoms with Gasteiger partial charge < -0.3 is 14.7 Å². The van der Waals surface area contributed by atoms with E-state index < -0.39 is 22.4 Å². The molecule has 0 spiro atoms. The zero-order valence-electron chi connectivity index (χ0n) is 9.69. The van der Waals surface area contributed by atoms with Crippen LogP contribution in [0.5, 0.6) is 0 Å². The van der Waals surface area contributed by atoms with E-state index in [0.29, 0.717) is 13.1 Å². The van der Waals surface area contributed by atoms with Crippen molar-refractivity contribution in [3.63, 3.8) is 0 Å². The van der Waals surface area contributed by atoms with Crippen molar-refractivity contribution in [2.24, 2.45) is 0 Å². The zero-order chi connectivity index (χ0) is 12.6. The van der Waals surface area contributed by atoms with Crippen LogP contribution in [-0.4, -0.2) is 45.5 Å². The maximum Gasteiger partial charge on any atom is 0.410 e. The van der Waals surface area contributed by atoms with Gasteiger partial charge in [0.2, 0.25) is 0 Å². The van der Waals surface area contributed by atoms with Crippen LogP contribution in [0.4, 0.5) is 4.79 Å². The normalized spacial score (nSPS) is 18.9. The summed E-state index contributed by atoms with van der Waals surface area (Å²) in [6, 6.07) is 0. The van der Waals surface area contributed by atoms with Crippen LogP contribution >= 0.6 is 12.6 Å². The summed E-state index contributed by atoms with van der Waals surface area (Å²) in [6.07, 6.45) is -0.461. The van der Waals surface area contributed by atoms with Gasteiger partial charge in [-0.05, 0) is 20.8 Å². The summed E-state index contributed by atoms with van der Waals surface area (Å²) in [5.74, 6) is -0.904. The first-order chi connectivity index (χ1) is 7.11. The first-order valence-corrected chi connectivity index (χ1v) is 5.48. The average Bonchev–Trinajstić information content (AvgIpc) is 1.94. The van der Waals surface area contributed by atoms with Crippen LogP contribution in [-0.2, 0) is 9.53 Å². The fourth-order valence-electron chi connectivity index (χ4n) is 1.51. The minimum absolute atomic E-state index is 0.0462. The van der Waals surface area contributed by atoms with E-state index in [0.717, 1.165) is 0 Å². The number of aliphatic carboxylic acids is 1. The molecule has 0 unspecified atom stereocenters. The second-order valence-electron chi connectivity index (χ2n) is 5.13. The molecule has 0 aliphatic carbocycles. The molecule has 92 valence electrons. The highest BCUT2D eigenvalue weighted by molar-refractivity contribution is 7.82. The molecule has 1 saturated heterocycles. The quantitative estimate of drug-likeness (QED) is 0.723. The first-order valence-electron chi connectivity index (χ1n) is 5.03. The Balaban J connectivity index is 2.41. The van der Waals surface area contributed by atoms with E-state index in [-0.39, 0.29) is 6.42 Å². The van der Waals surface area contributed by atoms with Gasteiger partial charge >= 0.3 is 12.1 Å². The number of nitrogens with zero attached hydrogens (tertiary/aromatic N) is 1. The van der Waals surface area contributed by atoms with Crippen LogP contribution < -0.4 is 0 Å². The largest absolute Gasteiger partial charge is 0.481 e. The van der Waals surface area contributed by atoms with Gasteiger partial charge in [0.1, 0.15) is 5.60 Å². The maximum absolute atomic E-state index is 11.5. The molecular formula is C10H17NO4S. The van der Waals surface area contributed by atoms with Crippen molar-refractivity contribution in [3.05, 3.63) is 0 Å². The summed E-state index contributed by atoms with van der Waals surface area (Å²) in [5.41, 5.74) is -0.529. The number of thiol groups is 1. The Morgan fingerprint density at radius 3 is 2.31 bits per heavy atom. The minimum atomic E-state index is -0.904. The minimum Gasteiger partial charge on any atom is -0.481 e. The van der Waals surface area contributed by atoms with Crippen molar-refractivity contribution in [1.82, 2.24) is 4.90 Å². The molecule has 1 amide bonds. The standard InChI is InChI=1S/C10H17NO4S/c1-9(2,3)15-8(14)11-5-10(16,6-11)4-7(12)13/h16H,4-6H2,1-3H3,(H,12,13). The molecule has 1 rings (SSSR count). The van der Waals surface area contributed by atoms with Gasteiger partial charge in [0, 0.05) is 13.1 Å². The van der Waals surface area contributed by atoms with Crippen LogP contribution in [0.2, 0.25) is 0 Å². The summed E-state index contributed by atoms with van der Waals surface area (Å²) in [4.78, 5) is 23.5. The smallest absolute Gasteiger partial charge is 0.410 e. The number of amides is 1. The molecule has 1 fully saturated rings. The summed E-state index contributed by atoms with van der Waals surface area (Å²) in [5, 5.41) is 8.64. The predicted molar refractivity (Wildman–Crippen MR) is 61.8 cm³/mol. The predicted octanol–water partition coefficient (Wildman–Crippen LogP) is 1.38. The monoisotopic (exact) mass is 247 g/mol. The van der Waals surface area contributed by atoms with Crippen LogP contribution in [0.15, 0.2) is 0 Å². The molecule has 16 heavy (non-hydrogen) atoms. The second-order valence-corrected chi connectivity index (χ2v) is 6.08. The summed E-state index contributed by atoms with van der Waals surface area (Å²) in [6.45, 7) is 6.00. The lowest BCUT2D eigenvalue weighted by atomic mass is 9.95. The molecule has 1 aliphatic rings. The number of carbonyl (C=O) groups is 2. The fraction of sp³-hybridized carbons (Fsp3) is 0.800. The summed E-state index contributed by atoms with van der Waals surface area (Å²) in [7, 11) is 0. The number of carboxylic acids is 1. The Bertz CT molecular complexity index is 304. The third-order valence-corrected chi connectivity index (χ3v) is 2.54. The zero-order valence-corrected chi connectivity index (χ0v) is 10.6. The third kappa shape index (κ3) is 3.59. The molecule has 0 aromatic carbocycles. The number of likely N-dealkylation sites (tertiary alicyclic amines) is 1. The SMILES string of the molecule is CC(C)(C)OC(=O)N1CC(S)(CC(=O)O)C1. The molecule has 1 heterocycles. The summed E-state index contributed by atoms with van der Waals surface area (Å²) >= 11 is 4.25. The van der Waals surface area contributed by atoms with Crippen molar-refractivity contribution >= 4 is 24.7 Å². The van der Waals surface area contributed by atoms with E-state index in [9.17, 15) is 9.59 Å². The van der Waals surface area contributed by atoms with E-state index in [1.54, 1.807) is 20.8 Å². The molecule has 0 saturated carbocycles. The molecule has 1 N–H and O–H groups in total. The lowest BCUT2D eigenvalue weighted by Gasteiger charge is -2.46. The van der Waals surface area contributed by atoms with Gasteiger partial charge in [-0.25, -0.2) is 4.79 Å². The molecule has 0 aromatic rings. The van der Waals surface area contributed by atoms with Gasteiger partial charge in [0.15, 0.2) is 0 Å². The molecule has 1 aliphatic heterocycles. The summed E-state index contributed by atoms with van der Waals surface area (Å²) < 4.78 is 4.54. The Labute approximate surface area is 100 Å². The second kappa shape index (κ2) is 4.16. The van der Waals surface area contributed by atoms with Crippen molar-refractivity contribution in [2.45, 2.75) is 37.5 Å². The van der Waals surface area contributed by atoms with Gasteiger partial charge in [-0.2, -0.15) is 12.6 Å². The van der Waals surface area contributed by atoms with Gasteiger partial charge in [-0.1, -0.05) is 0 Å². The number of carboxylic acid groups (broad SMARTS) is 1. The number of ether oxygens (including phenoxy) is 1. The van der Waals surface area contributed by atoms with E-state index in [4.69, 9.17) is 9.84 Å². The lowest BCUT2D eigenvalue weighted by Crippen LogP contribution is -2.61. The van der Waals surface area contributed by atoms with Gasteiger partial charge in [0.25, 0.3) is 0 Å². The van der Waals surface area contributed by atoms with Crippen molar-refractivity contribution in [1.29, 1.82) is 0 Å². The molecule has 0 bridgehead atoms. The van der Waals surface area contributed by atoms with E-state index >= 15 is 0 Å². The molecule has 0 atom stereocenters. The van der Waals surface area contributed by atoms with E-state index in [1.165, 1.54) is 4.90 Å². The molecule has 0 radical (unpaired) electrons. The van der Waals surface area contributed by atoms with Gasteiger partial charge in [0.05, 0.1) is 11.2 Å². The maximum atomic E-state index is 11.5. The number of hydrogen-bond acceptors (Lipinski definition) is 4. The van der Waals surface area contributed by atoms with E-state index in [2.05, 4.69) is 12.6 Å². The van der Waals surface area contributed by atoms with Crippen molar-refractivity contribution in [2.75, 3.05) is 13.1 Å². The van der Waals surface area contributed by atoms with Crippen molar-refractivity contribution < 1.29 is 19.4 Å². The van der Waals surface area contributed by atoms with Crippen molar-refractivity contribution in [3.8, 4) is 0 Å². The molecule has 5 nitrogen and oxygen atoms in total. The highest BCUT2D eigenvalue weighted by atomic mass is 32.1. The number of rotatable bonds is 2. The highest BCUT2D eigenvalue weighted by Gasteiger charge is 2.45. The van der Waals surface area contributed by atoms with Gasteiger partial charge in [-0.3, -0.25) is 4.79 Å². The third-order valence-electron chi connectivity index (χ3n) is 2.10. The lowest BCUT2D eigenvalue weighted by molar-refractivity contribution is -0.138. The number of hydrogen-bond donors (Lipinski definition) is 2. The molecular weight excluding hydrogens is 230 g/mol. The Morgan fingerprint density at radius 1 is 1.44 bits per heavy atom. The first kappa shape index (κ1) is 13.2. The van der Waals surface area contributed by atoms with Crippen LogP contribution in [0.25, 0.3) is 0 Å². The Morgan fingerprint density at radius 2 is 1.94 bits per heavy atom. The van der Waals surface area contributed by atoms with Crippen LogP contribution in [0.1, 0.15) is 27.2 Å². The topological polar surface area (TPSA) is 66.8 Å². The van der Waals surface area contributed by atoms with Crippen LogP contribution in [0, 0.1) is 0 Å². The Kier molecular flexibility index (Phi) is 3.42. The highest BCUT2D eigenvalue weighted by Crippen LogP contribution is 2.32. The average molecular weight is 247 g/mol. The fourth-order valence-corrected chi connectivity index (χ4v) is 1.99. The Hall–Kier alpha value is -0.910.